The van der Waals surface area contributed by atoms with Crippen molar-refractivity contribution in [1.29, 1.82) is 0 Å². The van der Waals surface area contributed by atoms with Gasteiger partial charge in [-0.2, -0.15) is 11.8 Å². The average molecular weight is 268 g/mol. The van der Waals surface area contributed by atoms with Crippen molar-refractivity contribution in [2.75, 3.05) is 18.6 Å². The number of benzene rings is 1. The van der Waals surface area contributed by atoms with Crippen LogP contribution in [0.15, 0.2) is 24.3 Å². The van der Waals surface area contributed by atoms with Crippen LogP contribution in [0, 0.1) is 0 Å². The normalized spacial score (nSPS) is 20.4. The fourth-order valence-corrected chi connectivity index (χ4v) is 2.90. The Labute approximate surface area is 110 Å². The lowest BCUT2D eigenvalue weighted by Crippen LogP contribution is -2.16. The molecule has 1 heterocycles. The van der Waals surface area contributed by atoms with Gasteiger partial charge < -0.3 is 14.6 Å². The van der Waals surface area contributed by atoms with E-state index in [4.69, 9.17) is 4.74 Å². The molecule has 2 atom stereocenters. The van der Waals surface area contributed by atoms with Crippen molar-refractivity contribution in [3.63, 3.8) is 0 Å². The van der Waals surface area contributed by atoms with Crippen molar-refractivity contribution in [3.8, 4) is 5.75 Å². The minimum Gasteiger partial charge on any atom is -0.490 e. The minimum atomic E-state index is -1.25. The summed E-state index contributed by atoms with van der Waals surface area (Å²) in [4.78, 5) is 11.3. The van der Waals surface area contributed by atoms with E-state index in [1.807, 2.05) is 17.8 Å². The van der Waals surface area contributed by atoms with Crippen LogP contribution in [0.2, 0.25) is 0 Å². The maximum atomic E-state index is 11.3. The molecule has 0 spiro atoms. The molecule has 2 rings (SSSR count). The van der Waals surface area contributed by atoms with Gasteiger partial charge in [0, 0.05) is 5.75 Å². The molecule has 0 aromatic heterocycles. The molecule has 1 aromatic carbocycles. The molecule has 0 amide bonds. The van der Waals surface area contributed by atoms with Gasteiger partial charge in [-0.25, -0.2) is 4.79 Å². The van der Waals surface area contributed by atoms with Gasteiger partial charge in [0.25, 0.3) is 0 Å². The highest BCUT2D eigenvalue weighted by molar-refractivity contribution is 7.99. The van der Waals surface area contributed by atoms with E-state index in [-0.39, 0.29) is 6.10 Å². The molecule has 1 aromatic rings. The summed E-state index contributed by atoms with van der Waals surface area (Å²) in [5, 5.41) is 9.74. The first-order valence-electron chi connectivity index (χ1n) is 5.81. The zero-order chi connectivity index (χ0) is 13.0. The summed E-state index contributed by atoms with van der Waals surface area (Å²) in [6.45, 7) is 0. The molecule has 98 valence electrons. The highest BCUT2D eigenvalue weighted by Gasteiger charge is 2.20. The van der Waals surface area contributed by atoms with Crippen LogP contribution in [0.4, 0.5) is 0 Å². The Hall–Kier alpha value is -1.20. The standard InChI is InChI=1S/C13H16O4S/c1-16-13(15)12(14)9-3-2-4-10(7-9)17-11-5-6-18-8-11/h2-4,7,11-12,14H,5-6,8H2,1H3. The second-order valence-corrected chi connectivity index (χ2v) is 5.25. The van der Waals surface area contributed by atoms with E-state index < -0.39 is 12.1 Å². The first-order valence-corrected chi connectivity index (χ1v) is 6.96. The van der Waals surface area contributed by atoms with Gasteiger partial charge in [0.1, 0.15) is 11.9 Å². The minimum absolute atomic E-state index is 0.223. The number of aliphatic hydroxyl groups excluding tert-OH is 1. The summed E-state index contributed by atoms with van der Waals surface area (Å²) in [5.74, 6) is 2.13. The van der Waals surface area contributed by atoms with Gasteiger partial charge in [-0.3, -0.25) is 0 Å². The number of hydrogen-bond acceptors (Lipinski definition) is 5. The van der Waals surface area contributed by atoms with E-state index in [1.165, 1.54) is 7.11 Å². The Balaban J connectivity index is 2.06. The molecule has 0 aliphatic carbocycles. The SMILES string of the molecule is COC(=O)C(O)c1cccc(OC2CCSC2)c1. The third kappa shape index (κ3) is 3.17. The quantitative estimate of drug-likeness (QED) is 0.844. The Morgan fingerprint density at radius 3 is 3.06 bits per heavy atom. The third-order valence-corrected chi connectivity index (χ3v) is 3.92. The van der Waals surface area contributed by atoms with Gasteiger partial charge in [-0.15, -0.1) is 0 Å². The molecule has 0 radical (unpaired) electrons. The number of carbonyl (C=O) groups excluding carboxylic acids is 1. The molecular formula is C13H16O4S. The molecule has 1 N–H and O–H groups in total. The van der Waals surface area contributed by atoms with E-state index in [9.17, 15) is 9.90 Å². The Bertz CT molecular complexity index is 415. The summed E-state index contributed by atoms with van der Waals surface area (Å²) >= 11 is 1.87. The molecule has 0 bridgehead atoms. The number of methoxy groups -OCH3 is 1. The van der Waals surface area contributed by atoms with Crippen LogP contribution in [-0.4, -0.2) is 35.8 Å². The third-order valence-electron chi connectivity index (χ3n) is 2.79. The fourth-order valence-electron chi connectivity index (χ4n) is 1.80. The zero-order valence-electron chi connectivity index (χ0n) is 10.2. The smallest absolute Gasteiger partial charge is 0.339 e. The van der Waals surface area contributed by atoms with Gasteiger partial charge in [0.05, 0.1) is 7.11 Å². The predicted molar refractivity (Wildman–Crippen MR) is 69.8 cm³/mol. The number of thioether (sulfide) groups is 1. The van der Waals surface area contributed by atoms with E-state index in [2.05, 4.69) is 4.74 Å². The molecule has 1 saturated heterocycles. The van der Waals surface area contributed by atoms with Crippen LogP contribution in [0.3, 0.4) is 0 Å². The van der Waals surface area contributed by atoms with Crippen LogP contribution < -0.4 is 4.74 Å². The van der Waals surface area contributed by atoms with Crippen LogP contribution >= 0.6 is 11.8 Å². The number of carbonyl (C=O) groups is 1. The second-order valence-electron chi connectivity index (χ2n) is 4.10. The lowest BCUT2D eigenvalue weighted by atomic mass is 10.1. The summed E-state index contributed by atoms with van der Waals surface area (Å²) in [5.41, 5.74) is 0.491. The van der Waals surface area contributed by atoms with Crippen LogP contribution in [0.5, 0.6) is 5.75 Å². The molecule has 1 aliphatic heterocycles. The second kappa shape index (κ2) is 6.11. The van der Waals surface area contributed by atoms with E-state index in [1.54, 1.807) is 18.2 Å². The Morgan fingerprint density at radius 2 is 2.39 bits per heavy atom. The summed E-state index contributed by atoms with van der Waals surface area (Å²) < 4.78 is 10.3. The molecule has 2 unspecified atom stereocenters. The zero-order valence-corrected chi connectivity index (χ0v) is 11.0. The summed E-state index contributed by atoms with van der Waals surface area (Å²) in [7, 11) is 1.25. The number of aliphatic hydroxyl groups is 1. The number of ether oxygens (including phenoxy) is 2. The van der Waals surface area contributed by atoms with Gasteiger partial charge in [-0.1, -0.05) is 12.1 Å². The average Bonchev–Trinajstić information content (AvgIpc) is 2.90. The largest absolute Gasteiger partial charge is 0.490 e. The monoisotopic (exact) mass is 268 g/mol. The van der Waals surface area contributed by atoms with Gasteiger partial charge in [-0.05, 0) is 29.9 Å². The molecule has 1 aliphatic rings. The molecular weight excluding hydrogens is 252 g/mol. The Kier molecular flexibility index (Phi) is 4.49. The van der Waals surface area contributed by atoms with Crippen LogP contribution in [0.1, 0.15) is 18.1 Å². The van der Waals surface area contributed by atoms with Crippen molar-refractivity contribution >= 4 is 17.7 Å². The Morgan fingerprint density at radius 1 is 1.56 bits per heavy atom. The number of rotatable bonds is 4. The molecule has 1 fully saturated rings. The van der Waals surface area contributed by atoms with E-state index in [0.717, 1.165) is 17.9 Å². The molecule has 0 saturated carbocycles. The summed E-state index contributed by atoms with van der Waals surface area (Å²) in [6, 6.07) is 6.96. The lowest BCUT2D eigenvalue weighted by Gasteiger charge is -2.14. The highest BCUT2D eigenvalue weighted by Crippen LogP contribution is 2.25. The van der Waals surface area contributed by atoms with Gasteiger partial charge >= 0.3 is 5.97 Å². The predicted octanol–water partition coefficient (Wildman–Crippen LogP) is 1.78. The van der Waals surface area contributed by atoms with Crippen molar-refractivity contribution in [2.24, 2.45) is 0 Å². The van der Waals surface area contributed by atoms with Crippen molar-refractivity contribution in [2.45, 2.75) is 18.6 Å². The highest BCUT2D eigenvalue weighted by atomic mass is 32.2. The van der Waals surface area contributed by atoms with E-state index in [0.29, 0.717) is 11.3 Å². The van der Waals surface area contributed by atoms with Crippen molar-refractivity contribution < 1.29 is 19.4 Å². The van der Waals surface area contributed by atoms with Gasteiger partial charge in [0.2, 0.25) is 0 Å². The van der Waals surface area contributed by atoms with Crippen LogP contribution in [-0.2, 0) is 9.53 Å². The molecule has 4 nitrogen and oxygen atoms in total. The maximum Gasteiger partial charge on any atom is 0.339 e. The summed E-state index contributed by atoms with van der Waals surface area (Å²) in [6.07, 6.45) is 0.00563. The number of hydrogen-bond donors (Lipinski definition) is 1. The first-order chi connectivity index (χ1) is 8.70. The lowest BCUT2D eigenvalue weighted by molar-refractivity contribution is -0.150. The van der Waals surface area contributed by atoms with Crippen LogP contribution in [0.25, 0.3) is 0 Å². The fraction of sp³-hybridized carbons (Fsp3) is 0.462. The maximum absolute atomic E-state index is 11.3. The van der Waals surface area contributed by atoms with Crippen molar-refractivity contribution in [1.82, 2.24) is 0 Å². The number of esters is 1. The van der Waals surface area contributed by atoms with Crippen molar-refractivity contribution in [3.05, 3.63) is 29.8 Å². The molecule has 18 heavy (non-hydrogen) atoms. The molecule has 5 heteroatoms. The van der Waals surface area contributed by atoms with Gasteiger partial charge in [0.15, 0.2) is 6.10 Å². The topological polar surface area (TPSA) is 55.8 Å². The first kappa shape index (κ1) is 13.2. The van der Waals surface area contributed by atoms with E-state index >= 15 is 0 Å².